The fraction of sp³-hybridized carbons (Fsp3) is 0.846. The third kappa shape index (κ3) is 4.38. The van der Waals surface area contributed by atoms with Gasteiger partial charge in [-0.3, -0.25) is 0 Å². The van der Waals surface area contributed by atoms with E-state index in [9.17, 15) is 0 Å². The molecule has 0 bridgehead atoms. The van der Waals surface area contributed by atoms with Crippen molar-refractivity contribution < 1.29 is 4.42 Å². The van der Waals surface area contributed by atoms with Crippen LogP contribution in [0.3, 0.4) is 0 Å². The number of aromatic nitrogens is 2. The largest absolute Gasteiger partial charge is 0.407 e. The minimum Gasteiger partial charge on any atom is -0.407 e. The topological polar surface area (TPSA) is 54.2 Å². The summed E-state index contributed by atoms with van der Waals surface area (Å²) in [5, 5.41) is 11.5. The number of thioether (sulfide) groups is 1. The minimum atomic E-state index is 0.348. The SMILES string of the molecule is CCCNCc1nnc(N2CCSC(C)(C)CC2)o1. The summed E-state index contributed by atoms with van der Waals surface area (Å²) < 4.78 is 6.07. The van der Waals surface area contributed by atoms with E-state index in [0.29, 0.717) is 23.2 Å². The lowest BCUT2D eigenvalue weighted by Crippen LogP contribution is -2.27. The van der Waals surface area contributed by atoms with E-state index < -0.39 is 0 Å². The average Bonchev–Trinajstić information content (AvgIpc) is 2.75. The van der Waals surface area contributed by atoms with Gasteiger partial charge in [-0.15, -0.1) is 5.10 Å². The second-order valence-electron chi connectivity index (χ2n) is 5.50. The van der Waals surface area contributed by atoms with Crippen LogP contribution >= 0.6 is 11.8 Å². The molecule has 19 heavy (non-hydrogen) atoms. The van der Waals surface area contributed by atoms with Crippen molar-refractivity contribution in [1.82, 2.24) is 15.5 Å². The number of hydrogen-bond acceptors (Lipinski definition) is 6. The maximum Gasteiger partial charge on any atom is 0.318 e. The minimum absolute atomic E-state index is 0.348. The highest BCUT2D eigenvalue weighted by molar-refractivity contribution is 8.00. The molecule has 1 aliphatic rings. The smallest absolute Gasteiger partial charge is 0.318 e. The van der Waals surface area contributed by atoms with Gasteiger partial charge in [-0.1, -0.05) is 25.9 Å². The highest BCUT2D eigenvalue weighted by Crippen LogP contribution is 2.31. The first-order valence-corrected chi connectivity index (χ1v) is 8.01. The molecular weight excluding hydrogens is 260 g/mol. The summed E-state index contributed by atoms with van der Waals surface area (Å²) in [6, 6.07) is 0.673. The van der Waals surface area contributed by atoms with Crippen molar-refractivity contribution in [3.63, 3.8) is 0 Å². The van der Waals surface area contributed by atoms with E-state index in [1.165, 1.54) is 0 Å². The van der Waals surface area contributed by atoms with Crippen LogP contribution in [0.1, 0.15) is 39.5 Å². The second kappa shape index (κ2) is 6.61. The zero-order valence-electron chi connectivity index (χ0n) is 12.1. The van der Waals surface area contributed by atoms with E-state index in [0.717, 1.165) is 38.2 Å². The molecule has 1 saturated heterocycles. The molecule has 0 aromatic carbocycles. The van der Waals surface area contributed by atoms with E-state index in [4.69, 9.17) is 4.42 Å². The first kappa shape index (κ1) is 14.7. The predicted molar refractivity (Wildman–Crippen MR) is 79.7 cm³/mol. The molecule has 1 fully saturated rings. The van der Waals surface area contributed by atoms with E-state index in [-0.39, 0.29) is 0 Å². The molecule has 2 heterocycles. The molecule has 108 valence electrons. The normalized spacial score (nSPS) is 19.4. The number of nitrogens with zero attached hydrogens (tertiary/aromatic N) is 3. The molecule has 5 nitrogen and oxygen atoms in total. The molecule has 0 unspecified atom stereocenters. The molecule has 1 aliphatic heterocycles. The number of nitrogens with one attached hydrogen (secondary N) is 1. The summed E-state index contributed by atoms with van der Waals surface area (Å²) >= 11 is 2.02. The maximum absolute atomic E-state index is 5.73. The quantitative estimate of drug-likeness (QED) is 0.837. The van der Waals surface area contributed by atoms with Gasteiger partial charge in [0.05, 0.1) is 6.54 Å². The van der Waals surface area contributed by atoms with Crippen LogP contribution in [0.25, 0.3) is 0 Å². The van der Waals surface area contributed by atoms with Gasteiger partial charge >= 0.3 is 6.01 Å². The van der Waals surface area contributed by atoms with Gasteiger partial charge in [-0.05, 0) is 19.4 Å². The predicted octanol–water partition coefficient (Wildman–Crippen LogP) is 2.29. The Balaban J connectivity index is 1.91. The third-order valence-electron chi connectivity index (χ3n) is 3.27. The lowest BCUT2D eigenvalue weighted by molar-refractivity contribution is 0.459. The molecule has 6 heteroatoms. The molecule has 0 atom stereocenters. The standard InChI is InChI=1S/C13H24N4OS/c1-4-6-14-10-11-15-16-12(18-11)17-7-5-13(2,3)19-9-8-17/h14H,4-10H2,1-3H3. The highest BCUT2D eigenvalue weighted by atomic mass is 32.2. The monoisotopic (exact) mass is 284 g/mol. The molecule has 1 aromatic rings. The summed E-state index contributed by atoms with van der Waals surface area (Å²) in [7, 11) is 0. The van der Waals surface area contributed by atoms with E-state index >= 15 is 0 Å². The molecule has 1 aromatic heterocycles. The Morgan fingerprint density at radius 2 is 2.21 bits per heavy atom. The Hall–Kier alpha value is -0.750. The third-order valence-corrected chi connectivity index (χ3v) is 4.64. The molecule has 0 amide bonds. The maximum atomic E-state index is 5.73. The van der Waals surface area contributed by atoms with Crippen LogP contribution in [0.2, 0.25) is 0 Å². The fourth-order valence-corrected chi connectivity index (χ4v) is 3.13. The fourth-order valence-electron chi connectivity index (χ4n) is 2.03. The zero-order valence-corrected chi connectivity index (χ0v) is 12.9. The van der Waals surface area contributed by atoms with Crippen molar-refractivity contribution in [3.05, 3.63) is 5.89 Å². The lowest BCUT2D eigenvalue weighted by Gasteiger charge is -2.21. The van der Waals surface area contributed by atoms with Crippen molar-refractivity contribution >= 4 is 17.8 Å². The van der Waals surface area contributed by atoms with Gasteiger partial charge in [0.2, 0.25) is 5.89 Å². The average molecular weight is 284 g/mol. The molecular formula is C13H24N4OS. The summed E-state index contributed by atoms with van der Waals surface area (Å²) in [6.07, 6.45) is 2.25. The Kier molecular flexibility index (Phi) is 5.10. The van der Waals surface area contributed by atoms with Gasteiger partial charge in [-0.25, -0.2) is 0 Å². The number of anilines is 1. The Bertz CT molecular complexity index is 394. The number of rotatable bonds is 5. The van der Waals surface area contributed by atoms with Crippen molar-refractivity contribution in [3.8, 4) is 0 Å². The zero-order chi connectivity index (χ0) is 13.7. The van der Waals surface area contributed by atoms with Crippen molar-refractivity contribution in [2.45, 2.75) is 44.9 Å². The Morgan fingerprint density at radius 3 is 3.00 bits per heavy atom. The molecule has 0 saturated carbocycles. The first-order chi connectivity index (χ1) is 9.11. The Morgan fingerprint density at radius 1 is 1.37 bits per heavy atom. The van der Waals surface area contributed by atoms with Crippen LogP contribution < -0.4 is 10.2 Å². The van der Waals surface area contributed by atoms with Gasteiger partial charge in [0, 0.05) is 23.6 Å². The van der Waals surface area contributed by atoms with Gasteiger partial charge in [0.1, 0.15) is 0 Å². The van der Waals surface area contributed by atoms with Crippen LogP contribution in [-0.4, -0.2) is 40.3 Å². The summed E-state index contributed by atoms with van der Waals surface area (Å²) in [4.78, 5) is 2.21. The second-order valence-corrected chi connectivity index (χ2v) is 7.30. The lowest BCUT2D eigenvalue weighted by atomic mass is 10.1. The molecule has 1 N–H and O–H groups in total. The van der Waals surface area contributed by atoms with Crippen LogP contribution in [0.4, 0.5) is 6.01 Å². The van der Waals surface area contributed by atoms with Gasteiger partial charge in [0.15, 0.2) is 0 Å². The summed E-state index contributed by atoms with van der Waals surface area (Å²) in [6.45, 7) is 10.4. The van der Waals surface area contributed by atoms with Gasteiger partial charge in [-0.2, -0.15) is 11.8 Å². The van der Waals surface area contributed by atoms with Crippen molar-refractivity contribution in [2.75, 3.05) is 30.3 Å². The van der Waals surface area contributed by atoms with Gasteiger partial charge < -0.3 is 14.6 Å². The number of hydrogen-bond donors (Lipinski definition) is 1. The molecule has 2 rings (SSSR count). The molecule has 0 aliphatic carbocycles. The molecule has 0 spiro atoms. The van der Waals surface area contributed by atoms with Crippen LogP contribution in [-0.2, 0) is 6.54 Å². The molecule has 0 radical (unpaired) electrons. The van der Waals surface area contributed by atoms with E-state index in [1.807, 2.05) is 11.8 Å². The first-order valence-electron chi connectivity index (χ1n) is 7.03. The van der Waals surface area contributed by atoms with Crippen molar-refractivity contribution in [1.29, 1.82) is 0 Å². The van der Waals surface area contributed by atoms with Crippen LogP contribution in [0.5, 0.6) is 0 Å². The van der Waals surface area contributed by atoms with Crippen molar-refractivity contribution in [2.24, 2.45) is 0 Å². The highest BCUT2D eigenvalue weighted by Gasteiger charge is 2.25. The summed E-state index contributed by atoms with van der Waals surface area (Å²) in [5.41, 5.74) is 0. The van der Waals surface area contributed by atoms with E-state index in [2.05, 4.69) is 41.2 Å². The Labute approximate surface area is 119 Å². The van der Waals surface area contributed by atoms with Gasteiger partial charge in [0.25, 0.3) is 0 Å². The van der Waals surface area contributed by atoms with E-state index in [1.54, 1.807) is 0 Å². The van der Waals surface area contributed by atoms with Crippen LogP contribution in [0, 0.1) is 0 Å². The summed E-state index contributed by atoms with van der Waals surface area (Å²) in [5.74, 6) is 1.79. The van der Waals surface area contributed by atoms with Crippen LogP contribution in [0.15, 0.2) is 4.42 Å².